The van der Waals surface area contributed by atoms with E-state index in [2.05, 4.69) is 54.9 Å². The van der Waals surface area contributed by atoms with Crippen molar-refractivity contribution in [3.8, 4) is 5.75 Å². The second-order valence-electron chi connectivity index (χ2n) is 5.19. The number of hydrogen-bond acceptors (Lipinski definition) is 2. The van der Waals surface area contributed by atoms with Gasteiger partial charge in [-0.25, -0.2) is 0 Å². The SMILES string of the molecule is COc1ccc(C)cc1C(N)c1cc(C)c(Br)c(C)c1. The number of ether oxygens (including phenoxy) is 1. The number of nitrogens with two attached hydrogens (primary N) is 1. The van der Waals surface area contributed by atoms with Crippen LogP contribution in [0.5, 0.6) is 5.75 Å². The zero-order valence-corrected chi connectivity index (χ0v) is 13.9. The van der Waals surface area contributed by atoms with Crippen molar-refractivity contribution in [3.05, 3.63) is 62.6 Å². The van der Waals surface area contributed by atoms with E-state index in [1.165, 1.54) is 16.7 Å². The molecule has 0 spiro atoms. The fraction of sp³-hybridized carbons (Fsp3) is 0.294. The highest BCUT2D eigenvalue weighted by Crippen LogP contribution is 2.32. The van der Waals surface area contributed by atoms with Gasteiger partial charge in [0.25, 0.3) is 0 Å². The molecular weight excluding hydrogens is 314 g/mol. The van der Waals surface area contributed by atoms with E-state index in [-0.39, 0.29) is 6.04 Å². The average Bonchev–Trinajstić information content (AvgIpc) is 2.43. The Labute approximate surface area is 129 Å². The molecule has 0 saturated carbocycles. The summed E-state index contributed by atoms with van der Waals surface area (Å²) in [5.74, 6) is 0.835. The second-order valence-corrected chi connectivity index (χ2v) is 5.98. The van der Waals surface area contributed by atoms with Crippen LogP contribution in [-0.4, -0.2) is 7.11 Å². The lowest BCUT2D eigenvalue weighted by atomic mass is 9.94. The first-order valence-electron chi connectivity index (χ1n) is 6.60. The maximum absolute atomic E-state index is 6.45. The van der Waals surface area contributed by atoms with Crippen molar-refractivity contribution >= 4 is 15.9 Å². The summed E-state index contributed by atoms with van der Waals surface area (Å²) in [6, 6.07) is 10.2. The van der Waals surface area contributed by atoms with E-state index in [1.807, 2.05) is 12.1 Å². The molecule has 2 N–H and O–H groups in total. The molecule has 20 heavy (non-hydrogen) atoms. The normalized spacial score (nSPS) is 12.3. The molecule has 0 amide bonds. The molecule has 0 bridgehead atoms. The Bertz CT molecular complexity index is 614. The van der Waals surface area contributed by atoms with Crippen LogP contribution in [0.3, 0.4) is 0 Å². The molecule has 1 unspecified atom stereocenters. The molecule has 2 aromatic rings. The van der Waals surface area contributed by atoms with Crippen LogP contribution in [-0.2, 0) is 0 Å². The summed E-state index contributed by atoms with van der Waals surface area (Å²) < 4.78 is 6.58. The lowest BCUT2D eigenvalue weighted by Crippen LogP contribution is -2.14. The fourth-order valence-corrected chi connectivity index (χ4v) is 2.66. The first kappa shape index (κ1) is 15.1. The van der Waals surface area contributed by atoms with Crippen LogP contribution in [0.15, 0.2) is 34.8 Å². The lowest BCUT2D eigenvalue weighted by molar-refractivity contribution is 0.407. The van der Waals surface area contributed by atoms with Gasteiger partial charge in [0.15, 0.2) is 0 Å². The van der Waals surface area contributed by atoms with Crippen LogP contribution in [0.1, 0.15) is 33.9 Å². The molecule has 0 aromatic heterocycles. The van der Waals surface area contributed by atoms with Gasteiger partial charge < -0.3 is 10.5 Å². The van der Waals surface area contributed by atoms with E-state index in [4.69, 9.17) is 10.5 Å². The van der Waals surface area contributed by atoms with Crippen molar-refractivity contribution in [2.75, 3.05) is 7.11 Å². The molecule has 0 heterocycles. The minimum Gasteiger partial charge on any atom is -0.496 e. The predicted molar refractivity (Wildman–Crippen MR) is 87.4 cm³/mol. The second kappa shape index (κ2) is 5.98. The molecule has 1 atom stereocenters. The summed E-state index contributed by atoms with van der Waals surface area (Å²) in [5, 5.41) is 0. The molecule has 3 heteroatoms. The molecule has 2 nitrogen and oxygen atoms in total. The molecule has 2 aromatic carbocycles. The highest BCUT2D eigenvalue weighted by molar-refractivity contribution is 9.10. The van der Waals surface area contributed by atoms with Gasteiger partial charge in [0.2, 0.25) is 0 Å². The maximum Gasteiger partial charge on any atom is 0.123 e. The van der Waals surface area contributed by atoms with E-state index in [0.29, 0.717) is 0 Å². The number of hydrogen-bond donors (Lipinski definition) is 1. The van der Waals surface area contributed by atoms with E-state index < -0.39 is 0 Å². The van der Waals surface area contributed by atoms with Gasteiger partial charge in [-0.3, -0.25) is 0 Å². The Hall–Kier alpha value is -1.32. The van der Waals surface area contributed by atoms with Gasteiger partial charge in [-0.05, 0) is 43.5 Å². The van der Waals surface area contributed by atoms with Crippen molar-refractivity contribution in [3.63, 3.8) is 0 Å². The molecule has 0 fully saturated rings. The van der Waals surface area contributed by atoms with Crippen LogP contribution in [0, 0.1) is 20.8 Å². The zero-order valence-electron chi connectivity index (χ0n) is 12.3. The van der Waals surface area contributed by atoms with Crippen molar-refractivity contribution < 1.29 is 4.74 Å². The molecule has 2 rings (SSSR count). The molecule has 0 saturated heterocycles. The number of benzene rings is 2. The standard InChI is InChI=1S/C17H20BrNO/c1-10-5-6-15(20-4)14(7-10)17(19)13-8-11(2)16(18)12(3)9-13/h5-9,17H,19H2,1-4H3. The van der Waals surface area contributed by atoms with E-state index in [1.54, 1.807) is 7.11 Å². The number of aryl methyl sites for hydroxylation is 3. The van der Waals surface area contributed by atoms with E-state index in [9.17, 15) is 0 Å². The largest absolute Gasteiger partial charge is 0.496 e. The van der Waals surface area contributed by atoms with E-state index >= 15 is 0 Å². The number of halogens is 1. The molecule has 0 aliphatic heterocycles. The first-order valence-corrected chi connectivity index (χ1v) is 7.40. The Morgan fingerprint density at radius 3 is 2.20 bits per heavy atom. The summed E-state index contributed by atoms with van der Waals surface area (Å²) in [6.07, 6.45) is 0. The Morgan fingerprint density at radius 2 is 1.65 bits per heavy atom. The van der Waals surface area contributed by atoms with Crippen LogP contribution in [0.4, 0.5) is 0 Å². The summed E-state index contributed by atoms with van der Waals surface area (Å²) in [7, 11) is 1.68. The smallest absolute Gasteiger partial charge is 0.123 e. The molecule has 0 aliphatic carbocycles. The van der Waals surface area contributed by atoms with Crippen molar-refractivity contribution in [2.45, 2.75) is 26.8 Å². The van der Waals surface area contributed by atoms with Crippen molar-refractivity contribution in [1.82, 2.24) is 0 Å². The average molecular weight is 334 g/mol. The van der Waals surface area contributed by atoms with Gasteiger partial charge in [0.1, 0.15) is 5.75 Å². The highest BCUT2D eigenvalue weighted by atomic mass is 79.9. The van der Waals surface area contributed by atoms with Crippen LogP contribution >= 0.6 is 15.9 Å². The topological polar surface area (TPSA) is 35.2 Å². The highest BCUT2D eigenvalue weighted by Gasteiger charge is 2.16. The molecular formula is C17H20BrNO. The number of methoxy groups -OCH3 is 1. The Morgan fingerprint density at radius 1 is 1.05 bits per heavy atom. The molecule has 0 radical (unpaired) electrons. The molecule has 106 valence electrons. The summed E-state index contributed by atoms with van der Waals surface area (Å²) in [6.45, 7) is 6.23. The third kappa shape index (κ3) is 2.89. The summed E-state index contributed by atoms with van der Waals surface area (Å²) in [4.78, 5) is 0. The Kier molecular flexibility index (Phi) is 4.51. The minimum absolute atomic E-state index is 0.185. The van der Waals surface area contributed by atoms with Gasteiger partial charge in [-0.15, -0.1) is 0 Å². The summed E-state index contributed by atoms with van der Waals surface area (Å²) >= 11 is 3.59. The van der Waals surface area contributed by atoms with Gasteiger partial charge in [-0.2, -0.15) is 0 Å². The van der Waals surface area contributed by atoms with Crippen molar-refractivity contribution in [1.29, 1.82) is 0 Å². The van der Waals surface area contributed by atoms with Crippen LogP contribution in [0.2, 0.25) is 0 Å². The maximum atomic E-state index is 6.45. The molecule has 0 aliphatic rings. The minimum atomic E-state index is -0.185. The van der Waals surface area contributed by atoms with Crippen LogP contribution < -0.4 is 10.5 Å². The lowest BCUT2D eigenvalue weighted by Gasteiger charge is -2.18. The van der Waals surface area contributed by atoms with Crippen molar-refractivity contribution in [2.24, 2.45) is 5.73 Å². The number of rotatable bonds is 3. The van der Waals surface area contributed by atoms with Gasteiger partial charge >= 0.3 is 0 Å². The third-order valence-corrected chi connectivity index (χ3v) is 4.79. The van der Waals surface area contributed by atoms with Gasteiger partial charge in [0, 0.05) is 10.0 Å². The first-order chi connectivity index (χ1) is 9.43. The van der Waals surface area contributed by atoms with Gasteiger partial charge in [-0.1, -0.05) is 45.8 Å². The van der Waals surface area contributed by atoms with E-state index in [0.717, 1.165) is 21.3 Å². The summed E-state index contributed by atoms with van der Waals surface area (Å²) in [5.41, 5.74) is 12.2. The van der Waals surface area contributed by atoms with Crippen LogP contribution in [0.25, 0.3) is 0 Å². The van der Waals surface area contributed by atoms with Gasteiger partial charge in [0.05, 0.1) is 13.2 Å². The monoisotopic (exact) mass is 333 g/mol. The fourth-order valence-electron chi connectivity index (χ4n) is 2.44. The predicted octanol–water partition coefficient (Wildman–Crippen LogP) is 4.43. The third-order valence-electron chi connectivity index (χ3n) is 3.54. The Balaban J connectivity index is 2.51. The quantitative estimate of drug-likeness (QED) is 0.901. The zero-order chi connectivity index (χ0) is 14.9.